The highest BCUT2D eigenvalue weighted by molar-refractivity contribution is 7.80. The maximum absolute atomic E-state index is 14.5. The number of piperidine rings is 3. The maximum atomic E-state index is 14.5. The third-order valence-electron chi connectivity index (χ3n) is 8.87. The number of pyridine rings is 1. The van der Waals surface area contributed by atoms with Crippen LogP contribution in [0.3, 0.4) is 0 Å². The van der Waals surface area contributed by atoms with E-state index < -0.39 is 35.2 Å². The molecule has 5 atom stereocenters. The molecule has 2 aromatic carbocycles. The second-order valence-electron chi connectivity index (χ2n) is 12.2. The third-order valence-corrected chi connectivity index (χ3v) is 9.09. The molecule has 0 spiro atoms. The van der Waals surface area contributed by atoms with Gasteiger partial charge in [0.1, 0.15) is 6.04 Å². The van der Waals surface area contributed by atoms with Gasteiger partial charge in [-0.2, -0.15) is 26.3 Å². The van der Waals surface area contributed by atoms with Crippen molar-refractivity contribution in [3.05, 3.63) is 78.5 Å². The molecule has 1 amide bonds. The molecule has 0 radical (unpaired) electrons. The van der Waals surface area contributed by atoms with Crippen LogP contribution < -0.4 is 15.5 Å². The molecule has 4 heterocycles. The molecule has 13 heteroatoms. The molecule has 6 rings (SSSR count). The molecule has 2 unspecified atom stereocenters. The van der Waals surface area contributed by atoms with Crippen LogP contribution in [0, 0.1) is 17.8 Å². The summed E-state index contributed by atoms with van der Waals surface area (Å²) in [6, 6.07) is 9.49. The number of rotatable bonds is 8. The number of nitrogens with one attached hydrogen (secondary N) is 2. The summed E-state index contributed by atoms with van der Waals surface area (Å²) in [5.74, 6) is 0.156. The monoisotopic (exact) mass is 663 g/mol. The molecule has 46 heavy (non-hydrogen) atoms. The molecule has 3 aliphatic rings. The van der Waals surface area contributed by atoms with Gasteiger partial charge in [-0.05, 0) is 79.7 Å². The molecule has 3 fully saturated rings. The van der Waals surface area contributed by atoms with Crippen molar-refractivity contribution >= 4 is 45.5 Å². The quantitative estimate of drug-likeness (QED) is 0.148. The van der Waals surface area contributed by atoms with Gasteiger partial charge in [0, 0.05) is 36.4 Å². The van der Waals surface area contributed by atoms with Crippen LogP contribution >= 0.6 is 12.2 Å². The zero-order valence-electron chi connectivity index (χ0n) is 25.3. The largest absolute Gasteiger partial charge is 0.416 e. The number of benzene rings is 2. The predicted octanol–water partition coefficient (Wildman–Crippen LogP) is 7.51. The Morgan fingerprint density at radius 1 is 1.11 bits per heavy atom. The molecule has 3 aliphatic heterocycles. The molecule has 3 aromatic rings. The Kier molecular flexibility index (Phi) is 9.65. The zero-order valence-corrected chi connectivity index (χ0v) is 26.1. The van der Waals surface area contributed by atoms with E-state index in [1.54, 1.807) is 31.0 Å². The summed E-state index contributed by atoms with van der Waals surface area (Å²) in [5, 5.41) is 5.83. The lowest BCUT2D eigenvalue weighted by atomic mass is 9.75. The van der Waals surface area contributed by atoms with Crippen molar-refractivity contribution in [3.8, 4) is 0 Å². The van der Waals surface area contributed by atoms with Crippen LogP contribution in [-0.4, -0.2) is 52.6 Å². The van der Waals surface area contributed by atoms with Gasteiger partial charge >= 0.3 is 12.4 Å². The number of aromatic nitrogens is 1. The number of halogens is 6. The number of hydrogen-bond acceptors (Lipinski definition) is 4. The smallest absolute Gasteiger partial charge is 0.350 e. The van der Waals surface area contributed by atoms with Gasteiger partial charge in [-0.3, -0.25) is 14.7 Å². The minimum Gasteiger partial charge on any atom is -0.350 e. The highest BCUT2D eigenvalue weighted by Crippen LogP contribution is 2.39. The average molecular weight is 664 g/mol. The fourth-order valence-corrected chi connectivity index (χ4v) is 6.73. The van der Waals surface area contributed by atoms with E-state index in [-0.39, 0.29) is 29.0 Å². The summed E-state index contributed by atoms with van der Waals surface area (Å²) >= 11 is 5.35. The van der Waals surface area contributed by atoms with Crippen LogP contribution in [0.2, 0.25) is 0 Å². The molecule has 3 saturated heterocycles. The number of alkyl halides is 6. The van der Waals surface area contributed by atoms with E-state index in [0.717, 1.165) is 31.3 Å². The Bertz CT molecular complexity index is 1570. The van der Waals surface area contributed by atoms with Gasteiger partial charge < -0.3 is 15.5 Å². The van der Waals surface area contributed by atoms with E-state index in [9.17, 15) is 31.1 Å². The van der Waals surface area contributed by atoms with Gasteiger partial charge in [0.25, 0.3) is 0 Å². The Balaban J connectivity index is 1.44. The average Bonchev–Trinajstić information content (AvgIpc) is 3.01. The summed E-state index contributed by atoms with van der Waals surface area (Å²) in [5.41, 5.74) is -2.11. The number of thiocarbonyl (C=S) groups is 1. The zero-order chi connectivity index (χ0) is 33.4. The van der Waals surface area contributed by atoms with E-state index in [2.05, 4.69) is 27.1 Å². The summed E-state index contributed by atoms with van der Waals surface area (Å²) < 4.78 is 80.6. The van der Waals surface area contributed by atoms with Gasteiger partial charge in [-0.25, -0.2) is 0 Å². The fraction of sp³-hybridized carbons (Fsp3) is 0.424. The number of amides is 1. The summed E-state index contributed by atoms with van der Waals surface area (Å²) in [6.45, 7) is 9.71. The summed E-state index contributed by atoms with van der Waals surface area (Å²) in [4.78, 5) is 23.1. The fourth-order valence-electron chi connectivity index (χ4n) is 6.49. The Labute approximate surface area is 268 Å². The molecule has 2 N–H and O–H groups in total. The van der Waals surface area contributed by atoms with Crippen molar-refractivity contribution in [3.63, 3.8) is 0 Å². The van der Waals surface area contributed by atoms with Crippen LogP contribution in [-0.2, 0) is 17.1 Å². The lowest BCUT2D eigenvalue weighted by Gasteiger charge is -2.50. The van der Waals surface area contributed by atoms with E-state index in [0.29, 0.717) is 41.7 Å². The minimum absolute atomic E-state index is 0.0459. The maximum Gasteiger partial charge on any atom is 0.416 e. The van der Waals surface area contributed by atoms with Crippen molar-refractivity contribution < 1.29 is 31.1 Å². The third kappa shape index (κ3) is 7.30. The number of para-hydroxylation sites is 1. The highest BCUT2D eigenvalue weighted by Gasteiger charge is 2.41. The van der Waals surface area contributed by atoms with Crippen molar-refractivity contribution in [2.45, 2.75) is 51.1 Å². The molecule has 0 aliphatic carbocycles. The SMILES string of the molecule is C=CC1CN2CC[C@H]1C[C@H]2CN(C(=O)[C@@H](NC(=S)Nc1cc(C(F)(F)F)cc(C(F)(F)F)c1)C(C)C)c1ccnc2ccccc12. The molecule has 1 aromatic heterocycles. The van der Waals surface area contributed by atoms with Crippen molar-refractivity contribution in [1.82, 2.24) is 15.2 Å². The normalized spacial score (nSPS) is 22.0. The van der Waals surface area contributed by atoms with Crippen molar-refractivity contribution in [1.29, 1.82) is 0 Å². The van der Waals surface area contributed by atoms with Crippen LogP contribution in [0.4, 0.5) is 37.7 Å². The van der Waals surface area contributed by atoms with E-state index in [1.807, 2.05) is 30.3 Å². The number of hydrogen-bond donors (Lipinski definition) is 2. The van der Waals surface area contributed by atoms with Crippen LogP contribution in [0.15, 0.2) is 67.4 Å². The van der Waals surface area contributed by atoms with Gasteiger partial charge in [-0.1, -0.05) is 38.1 Å². The number of nitrogens with zero attached hydrogens (tertiary/aromatic N) is 3. The van der Waals surface area contributed by atoms with Crippen LogP contribution in [0.5, 0.6) is 0 Å². The van der Waals surface area contributed by atoms with Crippen LogP contribution in [0.1, 0.15) is 37.8 Å². The van der Waals surface area contributed by atoms with E-state index >= 15 is 0 Å². The first kappa shape index (κ1) is 33.6. The number of fused-ring (bicyclic) bond motifs is 4. The summed E-state index contributed by atoms with van der Waals surface area (Å²) in [6.07, 6.45) is -4.45. The first-order valence-electron chi connectivity index (χ1n) is 15.0. The second-order valence-corrected chi connectivity index (χ2v) is 12.7. The van der Waals surface area contributed by atoms with Crippen molar-refractivity contribution in [2.24, 2.45) is 17.8 Å². The van der Waals surface area contributed by atoms with Gasteiger partial charge in [0.2, 0.25) is 5.91 Å². The Morgan fingerprint density at radius 3 is 2.37 bits per heavy atom. The number of carbonyl (C=O) groups is 1. The lowest BCUT2D eigenvalue weighted by molar-refractivity contribution is -0.143. The van der Waals surface area contributed by atoms with Gasteiger partial charge in [0.05, 0.1) is 22.3 Å². The number of carbonyl (C=O) groups excluding carboxylic acids is 1. The van der Waals surface area contributed by atoms with Crippen LogP contribution in [0.25, 0.3) is 10.9 Å². The lowest BCUT2D eigenvalue weighted by Crippen LogP contribution is -2.59. The van der Waals surface area contributed by atoms with Crippen molar-refractivity contribution in [2.75, 3.05) is 29.9 Å². The summed E-state index contributed by atoms with van der Waals surface area (Å²) in [7, 11) is 0. The standard InChI is InChI=1S/C33H35F6N5OS/c1-4-20-17-43-12-10-21(20)13-25(43)18-44(28-9-11-40-27-8-6-5-7-26(27)28)30(45)29(19(2)3)42-31(46)41-24-15-22(32(34,35)36)14-23(16-24)33(37,38)39/h4-9,11,14-16,19-21,25,29H,1,10,12-13,17-18H2,2-3H3,(H2,41,42,46)/t20?,21-,25-,29-/m0/s1. The molecule has 2 bridgehead atoms. The Hall–Kier alpha value is -3.71. The van der Waals surface area contributed by atoms with E-state index in [4.69, 9.17) is 12.2 Å². The van der Waals surface area contributed by atoms with Gasteiger partial charge in [-0.15, -0.1) is 6.58 Å². The highest BCUT2D eigenvalue weighted by atomic mass is 32.1. The molecular weight excluding hydrogens is 628 g/mol. The molecular formula is C33H35F6N5OS. The molecule has 246 valence electrons. The Morgan fingerprint density at radius 2 is 1.78 bits per heavy atom. The first-order chi connectivity index (χ1) is 21.7. The molecule has 0 saturated carbocycles. The molecule has 6 nitrogen and oxygen atoms in total. The minimum atomic E-state index is -5.02. The topological polar surface area (TPSA) is 60.5 Å². The number of anilines is 2. The predicted molar refractivity (Wildman–Crippen MR) is 170 cm³/mol. The van der Waals surface area contributed by atoms with E-state index in [1.165, 1.54) is 0 Å². The first-order valence-corrected chi connectivity index (χ1v) is 15.4. The second kappa shape index (κ2) is 13.2. The van der Waals surface area contributed by atoms with Gasteiger partial charge in [0.15, 0.2) is 5.11 Å².